The van der Waals surface area contributed by atoms with Crippen molar-refractivity contribution in [2.45, 2.75) is 20.3 Å². The molecule has 4 N–H and O–H groups in total. The number of hydrogen-bond acceptors (Lipinski definition) is 3. The molecule has 0 aromatic carbocycles. The number of nitrogens with two attached hydrogens (primary N) is 2. The molecule has 0 saturated heterocycles. The summed E-state index contributed by atoms with van der Waals surface area (Å²) in [5, 5.41) is 4.34. The molecule has 0 aliphatic rings. The van der Waals surface area contributed by atoms with Gasteiger partial charge in [0, 0.05) is 32.4 Å². The van der Waals surface area contributed by atoms with Gasteiger partial charge in [0.05, 0.1) is 5.69 Å². The van der Waals surface area contributed by atoms with Gasteiger partial charge in [-0.25, -0.2) is 4.79 Å². The average Bonchev–Trinajstić information content (AvgIpc) is 2.49. The Morgan fingerprint density at radius 1 is 1.41 bits per heavy atom. The zero-order chi connectivity index (χ0) is 13.0. The molecule has 0 radical (unpaired) electrons. The number of amides is 2. The Morgan fingerprint density at radius 2 is 2.06 bits per heavy atom. The molecule has 6 nitrogen and oxygen atoms in total. The highest BCUT2D eigenvalue weighted by Crippen LogP contribution is 2.12. The standard InChI is InChI=1S/C11H21N5O/c1-8-10(9(2)15(3)14-8)4-6-16(7-5-12)11(13)17/h4-7,12H2,1-3H3,(H2,13,17). The highest BCUT2D eigenvalue weighted by molar-refractivity contribution is 5.72. The van der Waals surface area contributed by atoms with Crippen molar-refractivity contribution in [2.75, 3.05) is 19.6 Å². The second kappa shape index (κ2) is 5.67. The molecule has 96 valence electrons. The van der Waals surface area contributed by atoms with Crippen LogP contribution in [-0.2, 0) is 13.5 Å². The summed E-state index contributed by atoms with van der Waals surface area (Å²) in [4.78, 5) is 12.7. The Hall–Kier alpha value is -1.56. The van der Waals surface area contributed by atoms with E-state index in [1.165, 1.54) is 5.56 Å². The third kappa shape index (κ3) is 3.20. The lowest BCUT2D eigenvalue weighted by atomic mass is 10.1. The van der Waals surface area contributed by atoms with Crippen LogP contribution in [-0.4, -0.2) is 40.3 Å². The van der Waals surface area contributed by atoms with Gasteiger partial charge in [-0.1, -0.05) is 0 Å². The summed E-state index contributed by atoms with van der Waals surface area (Å²) in [6, 6.07) is -0.422. The maximum atomic E-state index is 11.2. The molecule has 0 aliphatic carbocycles. The molecule has 0 bridgehead atoms. The van der Waals surface area contributed by atoms with Crippen LogP contribution in [0.5, 0.6) is 0 Å². The first-order valence-corrected chi connectivity index (χ1v) is 5.71. The molecule has 1 aromatic rings. The smallest absolute Gasteiger partial charge is 0.314 e. The monoisotopic (exact) mass is 239 g/mol. The van der Waals surface area contributed by atoms with Crippen LogP contribution in [0.15, 0.2) is 0 Å². The predicted molar refractivity (Wildman–Crippen MR) is 66.6 cm³/mol. The van der Waals surface area contributed by atoms with E-state index in [-0.39, 0.29) is 0 Å². The number of aryl methyl sites for hydroxylation is 2. The number of rotatable bonds is 5. The lowest BCUT2D eigenvalue weighted by Gasteiger charge is -2.19. The van der Waals surface area contributed by atoms with Crippen LogP contribution in [0.2, 0.25) is 0 Å². The Kier molecular flexibility index (Phi) is 4.51. The lowest BCUT2D eigenvalue weighted by Crippen LogP contribution is -2.40. The number of hydrogen-bond donors (Lipinski definition) is 2. The zero-order valence-corrected chi connectivity index (χ0v) is 10.7. The first-order chi connectivity index (χ1) is 7.97. The second-order valence-corrected chi connectivity index (χ2v) is 4.14. The number of primary amides is 1. The van der Waals surface area contributed by atoms with Crippen molar-refractivity contribution in [3.8, 4) is 0 Å². The van der Waals surface area contributed by atoms with Crippen molar-refractivity contribution in [2.24, 2.45) is 18.5 Å². The third-order valence-electron chi connectivity index (χ3n) is 3.00. The van der Waals surface area contributed by atoms with E-state index >= 15 is 0 Å². The van der Waals surface area contributed by atoms with Gasteiger partial charge in [-0.2, -0.15) is 5.10 Å². The van der Waals surface area contributed by atoms with Crippen molar-refractivity contribution < 1.29 is 4.79 Å². The highest BCUT2D eigenvalue weighted by Gasteiger charge is 2.13. The SMILES string of the molecule is Cc1nn(C)c(C)c1CCN(CCN)C(N)=O. The quantitative estimate of drug-likeness (QED) is 0.753. The molecule has 0 unspecified atom stereocenters. The molecule has 1 aromatic heterocycles. The van der Waals surface area contributed by atoms with Gasteiger partial charge in [0.15, 0.2) is 0 Å². The molecule has 0 atom stereocenters. The molecule has 0 saturated carbocycles. The largest absolute Gasteiger partial charge is 0.351 e. The van der Waals surface area contributed by atoms with E-state index in [9.17, 15) is 4.79 Å². The summed E-state index contributed by atoms with van der Waals surface area (Å²) >= 11 is 0. The minimum absolute atomic E-state index is 0.422. The van der Waals surface area contributed by atoms with E-state index in [2.05, 4.69) is 5.10 Å². The van der Waals surface area contributed by atoms with Gasteiger partial charge in [0.25, 0.3) is 0 Å². The van der Waals surface area contributed by atoms with Gasteiger partial charge in [0.2, 0.25) is 0 Å². The highest BCUT2D eigenvalue weighted by atomic mass is 16.2. The normalized spacial score (nSPS) is 10.6. The molecule has 17 heavy (non-hydrogen) atoms. The van der Waals surface area contributed by atoms with Crippen LogP contribution in [0, 0.1) is 13.8 Å². The van der Waals surface area contributed by atoms with E-state index in [1.54, 1.807) is 4.90 Å². The maximum Gasteiger partial charge on any atom is 0.314 e. The molecule has 0 fully saturated rings. The number of aromatic nitrogens is 2. The molecule has 6 heteroatoms. The first-order valence-electron chi connectivity index (χ1n) is 5.71. The lowest BCUT2D eigenvalue weighted by molar-refractivity contribution is 0.209. The average molecular weight is 239 g/mol. The van der Waals surface area contributed by atoms with Crippen molar-refractivity contribution in [1.82, 2.24) is 14.7 Å². The van der Waals surface area contributed by atoms with Gasteiger partial charge in [-0.05, 0) is 25.8 Å². The van der Waals surface area contributed by atoms with E-state index in [0.717, 1.165) is 17.8 Å². The van der Waals surface area contributed by atoms with Crippen molar-refractivity contribution in [3.63, 3.8) is 0 Å². The van der Waals surface area contributed by atoms with Crippen molar-refractivity contribution >= 4 is 6.03 Å². The molecular formula is C11H21N5O. The number of carbonyl (C=O) groups excluding carboxylic acids is 1. The fourth-order valence-electron chi connectivity index (χ4n) is 1.91. The molecular weight excluding hydrogens is 218 g/mol. The van der Waals surface area contributed by atoms with Crippen LogP contribution in [0.3, 0.4) is 0 Å². The van der Waals surface area contributed by atoms with E-state index in [0.29, 0.717) is 19.6 Å². The zero-order valence-electron chi connectivity index (χ0n) is 10.7. The number of carbonyl (C=O) groups is 1. The Morgan fingerprint density at radius 3 is 2.47 bits per heavy atom. The molecule has 0 spiro atoms. The van der Waals surface area contributed by atoms with Gasteiger partial charge in [0.1, 0.15) is 0 Å². The molecule has 2 amide bonds. The molecule has 1 heterocycles. The van der Waals surface area contributed by atoms with Crippen molar-refractivity contribution in [1.29, 1.82) is 0 Å². The Labute approximate surface area is 102 Å². The van der Waals surface area contributed by atoms with Crippen LogP contribution >= 0.6 is 0 Å². The summed E-state index contributed by atoms with van der Waals surface area (Å²) in [6.45, 7) is 5.49. The van der Waals surface area contributed by atoms with Crippen LogP contribution in [0.25, 0.3) is 0 Å². The topological polar surface area (TPSA) is 90.2 Å². The number of urea groups is 1. The summed E-state index contributed by atoms with van der Waals surface area (Å²) in [5.41, 5.74) is 14.0. The van der Waals surface area contributed by atoms with Crippen LogP contribution in [0.4, 0.5) is 4.79 Å². The predicted octanol–water partition coefficient (Wildman–Crippen LogP) is -0.0812. The summed E-state index contributed by atoms with van der Waals surface area (Å²) in [5.74, 6) is 0. The summed E-state index contributed by atoms with van der Waals surface area (Å²) in [7, 11) is 1.91. The number of nitrogens with zero attached hydrogens (tertiary/aromatic N) is 3. The Balaban J connectivity index is 2.68. The van der Waals surface area contributed by atoms with Gasteiger partial charge >= 0.3 is 6.03 Å². The third-order valence-corrected chi connectivity index (χ3v) is 3.00. The minimum Gasteiger partial charge on any atom is -0.351 e. The summed E-state index contributed by atoms with van der Waals surface area (Å²) in [6.07, 6.45) is 0.758. The fourth-order valence-corrected chi connectivity index (χ4v) is 1.91. The molecule has 0 aliphatic heterocycles. The van der Waals surface area contributed by atoms with E-state index in [1.807, 2.05) is 25.6 Å². The van der Waals surface area contributed by atoms with Gasteiger partial charge < -0.3 is 16.4 Å². The van der Waals surface area contributed by atoms with Crippen molar-refractivity contribution in [3.05, 3.63) is 17.0 Å². The maximum absolute atomic E-state index is 11.2. The summed E-state index contributed by atoms with van der Waals surface area (Å²) < 4.78 is 1.85. The van der Waals surface area contributed by atoms with Gasteiger partial charge in [-0.3, -0.25) is 4.68 Å². The van der Waals surface area contributed by atoms with E-state index < -0.39 is 6.03 Å². The van der Waals surface area contributed by atoms with E-state index in [4.69, 9.17) is 11.5 Å². The van der Waals surface area contributed by atoms with Crippen LogP contribution in [0.1, 0.15) is 17.0 Å². The second-order valence-electron chi connectivity index (χ2n) is 4.14. The fraction of sp³-hybridized carbons (Fsp3) is 0.636. The first kappa shape index (κ1) is 13.5. The Bertz CT molecular complexity index is 399. The van der Waals surface area contributed by atoms with Gasteiger partial charge in [-0.15, -0.1) is 0 Å². The minimum atomic E-state index is -0.422. The van der Waals surface area contributed by atoms with Crippen LogP contribution < -0.4 is 11.5 Å². The molecule has 1 rings (SSSR count).